The first-order valence-electron chi connectivity index (χ1n) is 7.54. The van der Waals surface area contributed by atoms with Crippen LogP contribution in [0.2, 0.25) is 0 Å². The molecule has 0 spiro atoms. The Bertz CT molecular complexity index is 508. The smallest absolute Gasteiger partial charge is 0.241 e. The number of fused-ring (bicyclic) bond motifs is 1. The minimum atomic E-state index is -0.169. The predicted octanol–water partition coefficient (Wildman–Crippen LogP) is 2.90. The Labute approximate surface area is 138 Å². The van der Waals surface area contributed by atoms with Crippen LogP contribution < -0.4 is 20.1 Å². The summed E-state index contributed by atoms with van der Waals surface area (Å²) in [5, 5.41) is 6.05. The monoisotopic (exact) mass is 328 g/mol. The van der Waals surface area contributed by atoms with Crippen molar-refractivity contribution in [3.63, 3.8) is 0 Å². The lowest BCUT2D eigenvalue weighted by molar-refractivity contribution is -0.118. The molecule has 2 rings (SSSR count). The van der Waals surface area contributed by atoms with E-state index in [4.69, 9.17) is 9.47 Å². The largest absolute Gasteiger partial charge is 0.486 e. The van der Waals surface area contributed by atoms with Crippen LogP contribution >= 0.6 is 12.4 Å². The average molecular weight is 329 g/mol. The van der Waals surface area contributed by atoms with E-state index < -0.39 is 0 Å². The molecule has 1 aliphatic heterocycles. The van der Waals surface area contributed by atoms with Crippen molar-refractivity contribution in [1.82, 2.24) is 5.32 Å². The number of carbonyl (C=O) groups is 1. The van der Waals surface area contributed by atoms with Gasteiger partial charge in [-0.15, -0.1) is 12.4 Å². The Balaban J connectivity index is 0.00000242. The van der Waals surface area contributed by atoms with Crippen molar-refractivity contribution in [2.45, 2.75) is 39.2 Å². The number of ether oxygens (including phenoxy) is 2. The maximum absolute atomic E-state index is 12.3. The van der Waals surface area contributed by atoms with Gasteiger partial charge in [-0.1, -0.05) is 19.8 Å². The van der Waals surface area contributed by atoms with E-state index in [1.165, 1.54) is 0 Å². The third kappa shape index (κ3) is 4.52. The lowest BCUT2D eigenvalue weighted by Crippen LogP contribution is -2.38. The van der Waals surface area contributed by atoms with Crippen LogP contribution in [0.3, 0.4) is 0 Å². The zero-order chi connectivity index (χ0) is 15.2. The van der Waals surface area contributed by atoms with Crippen molar-refractivity contribution >= 4 is 24.0 Å². The highest BCUT2D eigenvalue weighted by molar-refractivity contribution is 5.95. The molecule has 1 aromatic rings. The molecule has 1 atom stereocenters. The molecule has 124 valence electrons. The van der Waals surface area contributed by atoms with E-state index in [0.29, 0.717) is 19.0 Å². The second-order valence-corrected chi connectivity index (χ2v) is 5.28. The van der Waals surface area contributed by atoms with Crippen molar-refractivity contribution in [3.05, 3.63) is 17.7 Å². The van der Waals surface area contributed by atoms with Crippen LogP contribution in [0.25, 0.3) is 0 Å². The molecule has 0 radical (unpaired) electrons. The fraction of sp³-hybridized carbons (Fsp3) is 0.562. The molecule has 1 amide bonds. The second kappa shape index (κ2) is 8.86. The molecule has 1 unspecified atom stereocenters. The first kappa shape index (κ1) is 18.6. The molecule has 2 N–H and O–H groups in total. The molecule has 22 heavy (non-hydrogen) atoms. The summed E-state index contributed by atoms with van der Waals surface area (Å²) < 4.78 is 11.1. The third-order valence-corrected chi connectivity index (χ3v) is 3.66. The van der Waals surface area contributed by atoms with Gasteiger partial charge in [0.05, 0.1) is 6.04 Å². The van der Waals surface area contributed by atoms with Gasteiger partial charge in [-0.05, 0) is 32.0 Å². The second-order valence-electron chi connectivity index (χ2n) is 5.28. The van der Waals surface area contributed by atoms with E-state index in [1.54, 1.807) is 0 Å². The van der Waals surface area contributed by atoms with E-state index in [9.17, 15) is 4.79 Å². The lowest BCUT2D eigenvalue weighted by Gasteiger charge is -2.21. The molecule has 0 aliphatic carbocycles. The Hall–Kier alpha value is -1.46. The molecular weight excluding hydrogens is 304 g/mol. The van der Waals surface area contributed by atoms with Crippen LogP contribution in [0, 0.1) is 6.92 Å². The highest BCUT2D eigenvalue weighted by atomic mass is 35.5. The summed E-state index contributed by atoms with van der Waals surface area (Å²) in [6, 6.07) is 3.58. The van der Waals surface area contributed by atoms with E-state index >= 15 is 0 Å². The number of halogens is 1. The average Bonchev–Trinajstić information content (AvgIpc) is 2.49. The highest BCUT2D eigenvalue weighted by Gasteiger charge is 2.19. The molecule has 0 aromatic heterocycles. The Morgan fingerprint density at radius 2 is 1.91 bits per heavy atom. The Morgan fingerprint density at radius 1 is 1.27 bits per heavy atom. The molecule has 1 aliphatic rings. The number of benzene rings is 1. The van der Waals surface area contributed by atoms with Crippen LogP contribution in [0.5, 0.6) is 11.5 Å². The molecule has 5 nitrogen and oxygen atoms in total. The zero-order valence-corrected chi connectivity index (χ0v) is 14.2. The molecule has 0 saturated heterocycles. The zero-order valence-electron chi connectivity index (χ0n) is 13.4. The number of aryl methyl sites for hydroxylation is 1. The number of hydrogen-bond donors (Lipinski definition) is 2. The van der Waals surface area contributed by atoms with Crippen molar-refractivity contribution in [2.24, 2.45) is 0 Å². The fourth-order valence-electron chi connectivity index (χ4n) is 2.36. The van der Waals surface area contributed by atoms with Crippen molar-refractivity contribution in [3.8, 4) is 11.5 Å². The summed E-state index contributed by atoms with van der Waals surface area (Å²) in [6.07, 6.45) is 2.94. The van der Waals surface area contributed by atoms with Crippen molar-refractivity contribution in [2.75, 3.05) is 25.6 Å². The Morgan fingerprint density at radius 3 is 2.50 bits per heavy atom. The number of unbranched alkanes of at least 4 members (excludes halogenated alkanes) is 1. The van der Waals surface area contributed by atoms with Crippen LogP contribution in [-0.4, -0.2) is 32.2 Å². The number of amides is 1. The van der Waals surface area contributed by atoms with E-state index in [1.807, 2.05) is 26.1 Å². The highest BCUT2D eigenvalue weighted by Crippen LogP contribution is 2.35. The van der Waals surface area contributed by atoms with Gasteiger partial charge in [-0.25, -0.2) is 0 Å². The summed E-state index contributed by atoms with van der Waals surface area (Å²) in [4.78, 5) is 12.3. The molecule has 0 saturated carbocycles. The van der Waals surface area contributed by atoms with Gasteiger partial charge in [0, 0.05) is 11.8 Å². The summed E-state index contributed by atoms with van der Waals surface area (Å²) in [7, 11) is 1.82. The van der Waals surface area contributed by atoms with E-state index in [2.05, 4.69) is 17.6 Å². The van der Waals surface area contributed by atoms with Gasteiger partial charge in [-0.2, -0.15) is 0 Å². The minimum absolute atomic E-state index is 0. The van der Waals surface area contributed by atoms with E-state index in [0.717, 1.165) is 36.3 Å². The normalized spacial score (nSPS) is 14.0. The maximum atomic E-state index is 12.3. The minimum Gasteiger partial charge on any atom is -0.486 e. The summed E-state index contributed by atoms with van der Waals surface area (Å²) in [6.45, 7) is 5.18. The van der Waals surface area contributed by atoms with Gasteiger partial charge >= 0.3 is 0 Å². The van der Waals surface area contributed by atoms with Crippen LogP contribution in [0.4, 0.5) is 5.69 Å². The van der Waals surface area contributed by atoms with Crippen molar-refractivity contribution in [1.29, 1.82) is 0 Å². The SMILES string of the molecule is CCCCC(NC)C(=O)Nc1cc2c(cc1C)OCCO2.Cl. The number of carbonyl (C=O) groups excluding carboxylic acids is 1. The summed E-state index contributed by atoms with van der Waals surface area (Å²) >= 11 is 0. The molecule has 1 aromatic carbocycles. The molecule has 0 fully saturated rings. The third-order valence-electron chi connectivity index (χ3n) is 3.66. The molecule has 0 bridgehead atoms. The Kier molecular flexibility index (Phi) is 7.48. The summed E-state index contributed by atoms with van der Waals surface area (Å²) in [5.74, 6) is 1.43. The molecule has 6 heteroatoms. The quantitative estimate of drug-likeness (QED) is 0.843. The fourth-order valence-corrected chi connectivity index (χ4v) is 2.36. The first-order chi connectivity index (χ1) is 10.2. The number of nitrogens with one attached hydrogen (secondary N) is 2. The van der Waals surface area contributed by atoms with Crippen LogP contribution in [0.15, 0.2) is 12.1 Å². The maximum Gasteiger partial charge on any atom is 0.241 e. The number of hydrogen-bond acceptors (Lipinski definition) is 4. The molecule has 1 heterocycles. The number of anilines is 1. The predicted molar refractivity (Wildman–Crippen MR) is 90.4 cm³/mol. The molecular formula is C16H25ClN2O3. The summed E-state index contributed by atoms with van der Waals surface area (Å²) in [5.41, 5.74) is 1.75. The van der Waals surface area contributed by atoms with Crippen LogP contribution in [0.1, 0.15) is 31.7 Å². The van der Waals surface area contributed by atoms with Gasteiger partial charge in [0.25, 0.3) is 0 Å². The van der Waals surface area contributed by atoms with Gasteiger partial charge < -0.3 is 20.1 Å². The van der Waals surface area contributed by atoms with E-state index in [-0.39, 0.29) is 24.4 Å². The lowest BCUT2D eigenvalue weighted by atomic mass is 10.1. The first-order valence-corrected chi connectivity index (χ1v) is 7.54. The van der Waals surface area contributed by atoms with Gasteiger partial charge in [0.15, 0.2) is 11.5 Å². The topological polar surface area (TPSA) is 59.6 Å². The van der Waals surface area contributed by atoms with Crippen LogP contribution in [-0.2, 0) is 4.79 Å². The standard InChI is InChI=1S/C16H24N2O3.ClH/c1-4-5-6-12(17-3)16(19)18-13-10-15-14(9-11(13)2)20-7-8-21-15;/h9-10,12,17H,4-8H2,1-3H3,(H,18,19);1H. The van der Waals surface area contributed by atoms with Gasteiger partial charge in [0.1, 0.15) is 13.2 Å². The van der Waals surface area contributed by atoms with Gasteiger partial charge in [-0.3, -0.25) is 4.79 Å². The number of likely N-dealkylation sites (N-methyl/N-ethyl adjacent to an activating group) is 1. The number of rotatable bonds is 6. The van der Waals surface area contributed by atoms with Gasteiger partial charge in [0.2, 0.25) is 5.91 Å². The van der Waals surface area contributed by atoms with Crippen molar-refractivity contribution < 1.29 is 14.3 Å².